The Kier molecular flexibility index (Phi) is 10.5. The van der Waals surface area contributed by atoms with Gasteiger partial charge in [0.05, 0.1) is 10.9 Å². The lowest BCUT2D eigenvalue weighted by Crippen LogP contribution is -2.40. The summed E-state index contributed by atoms with van der Waals surface area (Å²) < 4.78 is 30.1. The molecule has 0 aliphatic rings. The monoisotopic (exact) mass is 608 g/mol. The van der Waals surface area contributed by atoms with Gasteiger partial charge in [-0.15, -0.1) is 0 Å². The fraction of sp³-hybridized carbons (Fsp3) is 0.270. The fourth-order valence-electron chi connectivity index (χ4n) is 5.60. The lowest BCUT2D eigenvalue weighted by atomic mass is 10.0. The van der Waals surface area contributed by atoms with Crippen molar-refractivity contribution in [2.45, 2.75) is 39.8 Å². The first kappa shape index (κ1) is 31.7. The molecule has 0 fully saturated rings. The second kappa shape index (κ2) is 14.9. The number of likely N-dealkylation sites (N-methyl/N-ethyl adjacent to an activating group) is 1. The quantitative estimate of drug-likeness (QED) is 0.153. The van der Waals surface area contributed by atoms with Gasteiger partial charge in [0.2, 0.25) is 5.91 Å². The highest BCUT2D eigenvalue weighted by atomic mass is 19.2. The van der Waals surface area contributed by atoms with Gasteiger partial charge in [0.25, 0.3) is 5.56 Å². The number of carbonyl (C=O) groups is 1. The largest absolute Gasteiger partial charge is 0.336 e. The van der Waals surface area contributed by atoms with Gasteiger partial charge >= 0.3 is 0 Å². The topological polar surface area (TPSA) is 58.4 Å². The Bertz CT molecular complexity index is 1800. The van der Waals surface area contributed by atoms with Crippen molar-refractivity contribution in [3.8, 4) is 11.1 Å². The molecule has 0 radical (unpaired) electrons. The van der Waals surface area contributed by atoms with Gasteiger partial charge in [-0.25, -0.2) is 8.78 Å². The number of carbonyl (C=O) groups excluding carboxylic acids is 1. The summed E-state index contributed by atoms with van der Waals surface area (Å²) in [5.41, 5.74) is 3.59. The predicted octanol–water partition coefficient (Wildman–Crippen LogP) is 6.50. The number of hydrogen-bond donors (Lipinski definition) is 0. The van der Waals surface area contributed by atoms with Gasteiger partial charge in [-0.05, 0) is 60.0 Å². The minimum atomic E-state index is -0.924. The van der Waals surface area contributed by atoms with E-state index in [9.17, 15) is 18.4 Å². The molecule has 0 aliphatic heterocycles. The molecule has 0 saturated heterocycles. The Labute approximate surface area is 262 Å². The third kappa shape index (κ3) is 7.70. The van der Waals surface area contributed by atoms with Gasteiger partial charge in [-0.3, -0.25) is 9.59 Å². The van der Waals surface area contributed by atoms with Crippen LogP contribution in [0.4, 0.5) is 8.78 Å². The number of rotatable bonds is 13. The van der Waals surface area contributed by atoms with Gasteiger partial charge in [0.15, 0.2) is 11.6 Å². The van der Waals surface area contributed by atoms with E-state index in [2.05, 4.69) is 60.1 Å². The van der Waals surface area contributed by atoms with Crippen molar-refractivity contribution in [1.82, 2.24) is 19.4 Å². The summed E-state index contributed by atoms with van der Waals surface area (Å²) in [5.74, 6) is -1.61. The van der Waals surface area contributed by atoms with Gasteiger partial charge in [0, 0.05) is 26.1 Å². The number of halogens is 2. The second-order valence-electron chi connectivity index (χ2n) is 11.1. The van der Waals surface area contributed by atoms with Crippen LogP contribution in [-0.4, -0.2) is 51.4 Å². The summed E-state index contributed by atoms with van der Waals surface area (Å²) >= 11 is 0. The van der Waals surface area contributed by atoms with Gasteiger partial charge in [-0.2, -0.15) is 4.98 Å². The second-order valence-corrected chi connectivity index (χ2v) is 11.1. The average molecular weight is 609 g/mol. The molecule has 4 aromatic carbocycles. The number of amides is 1. The first-order valence-corrected chi connectivity index (χ1v) is 15.4. The number of nitrogens with zero attached hydrogens (tertiary/aromatic N) is 4. The van der Waals surface area contributed by atoms with Crippen LogP contribution in [0.2, 0.25) is 0 Å². The number of para-hydroxylation sites is 1. The standard InChI is InChI=1S/C37H38F2N4O2/c1-3-41(4-2)23-24-42(25-27-17-19-29(20-18-27)28-11-6-5-7-12-28)35(44)26-43-33-16-9-8-14-31(33)37(45)40-34(43)22-21-30-13-10-15-32(38)36(30)39/h5-20H,3-4,21-26H2,1-2H3. The number of benzene rings is 4. The van der Waals surface area contributed by atoms with Crippen molar-refractivity contribution >= 4 is 16.8 Å². The molecule has 0 spiro atoms. The highest BCUT2D eigenvalue weighted by Gasteiger charge is 2.20. The van der Waals surface area contributed by atoms with Crippen molar-refractivity contribution in [2.75, 3.05) is 26.2 Å². The molecule has 0 saturated carbocycles. The average Bonchev–Trinajstić information content (AvgIpc) is 3.07. The Hall–Kier alpha value is -4.69. The van der Waals surface area contributed by atoms with E-state index in [0.29, 0.717) is 29.8 Å². The highest BCUT2D eigenvalue weighted by molar-refractivity contribution is 5.82. The van der Waals surface area contributed by atoms with Crippen molar-refractivity contribution in [3.05, 3.63) is 136 Å². The predicted molar refractivity (Wildman–Crippen MR) is 175 cm³/mol. The van der Waals surface area contributed by atoms with E-state index < -0.39 is 17.2 Å². The smallest absolute Gasteiger partial charge is 0.280 e. The molecule has 6 nitrogen and oxygen atoms in total. The van der Waals surface area contributed by atoms with Crippen molar-refractivity contribution in [2.24, 2.45) is 0 Å². The van der Waals surface area contributed by atoms with E-state index >= 15 is 0 Å². The van der Waals surface area contributed by atoms with E-state index in [1.54, 1.807) is 22.8 Å². The Morgan fingerprint density at radius 2 is 1.47 bits per heavy atom. The minimum absolute atomic E-state index is 0.0465. The summed E-state index contributed by atoms with van der Waals surface area (Å²) in [6, 6.07) is 29.5. The number of fused-ring (bicyclic) bond motifs is 1. The molecular formula is C37H38F2N4O2. The van der Waals surface area contributed by atoms with Crippen LogP contribution in [0, 0.1) is 11.6 Å². The van der Waals surface area contributed by atoms with Crippen LogP contribution >= 0.6 is 0 Å². The van der Waals surface area contributed by atoms with Crippen molar-refractivity contribution in [3.63, 3.8) is 0 Å². The molecule has 232 valence electrons. The Balaban J connectivity index is 1.44. The molecule has 0 bridgehead atoms. The van der Waals surface area contributed by atoms with Crippen LogP contribution in [0.1, 0.15) is 30.8 Å². The van der Waals surface area contributed by atoms with Crippen LogP contribution < -0.4 is 5.56 Å². The molecular weight excluding hydrogens is 570 g/mol. The lowest BCUT2D eigenvalue weighted by molar-refractivity contribution is -0.132. The first-order valence-electron chi connectivity index (χ1n) is 15.4. The third-order valence-electron chi connectivity index (χ3n) is 8.28. The summed E-state index contributed by atoms with van der Waals surface area (Å²) in [7, 11) is 0. The summed E-state index contributed by atoms with van der Waals surface area (Å²) in [5, 5.41) is 0.400. The molecule has 1 heterocycles. The van der Waals surface area contributed by atoms with Gasteiger partial charge in [-0.1, -0.05) is 92.7 Å². The van der Waals surface area contributed by atoms with Crippen LogP contribution in [0.15, 0.2) is 102 Å². The van der Waals surface area contributed by atoms with Crippen LogP contribution in [-0.2, 0) is 30.7 Å². The zero-order chi connectivity index (χ0) is 31.8. The summed E-state index contributed by atoms with van der Waals surface area (Å²) in [6.45, 7) is 7.57. The maximum absolute atomic E-state index is 14.5. The van der Waals surface area contributed by atoms with E-state index in [0.717, 1.165) is 42.4 Å². The zero-order valence-electron chi connectivity index (χ0n) is 25.8. The van der Waals surface area contributed by atoms with Crippen LogP contribution in [0.25, 0.3) is 22.0 Å². The maximum Gasteiger partial charge on any atom is 0.280 e. The van der Waals surface area contributed by atoms with Crippen molar-refractivity contribution < 1.29 is 13.6 Å². The molecule has 0 N–H and O–H groups in total. The lowest BCUT2D eigenvalue weighted by Gasteiger charge is -2.28. The fourth-order valence-corrected chi connectivity index (χ4v) is 5.60. The molecule has 8 heteroatoms. The number of aromatic nitrogens is 2. The van der Waals surface area contributed by atoms with Gasteiger partial charge in [0.1, 0.15) is 12.4 Å². The molecule has 0 atom stereocenters. The third-order valence-corrected chi connectivity index (χ3v) is 8.28. The maximum atomic E-state index is 14.5. The van der Waals surface area contributed by atoms with E-state index in [-0.39, 0.29) is 30.9 Å². The van der Waals surface area contributed by atoms with Crippen LogP contribution in [0.3, 0.4) is 0 Å². The SMILES string of the molecule is CCN(CC)CCN(Cc1ccc(-c2ccccc2)cc1)C(=O)Cn1c(CCc2cccc(F)c2F)nc(=O)c2ccccc21. The first-order chi connectivity index (χ1) is 21.9. The molecule has 5 aromatic rings. The Morgan fingerprint density at radius 1 is 0.778 bits per heavy atom. The zero-order valence-corrected chi connectivity index (χ0v) is 25.8. The summed E-state index contributed by atoms with van der Waals surface area (Å²) in [6.07, 6.45) is 0.288. The van der Waals surface area contributed by atoms with E-state index in [1.807, 2.05) is 29.2 Å². The Morgan fingerprint density at radius 3 is 2.20 bits per heavy atom. The molecule has 45 heavy (non-hydrogen) atoms. The molecule has 1 aromatic heterocycles. The highest BCUT2D eigenvalue weighted by Crippen LogP contribution is 2.21. The van der Waals surface area contributed by atoms with Crippen molar-refractivity contribution in [1.29, 1.82) is 0 Å². The number of hydrogen-bond acceptors (Lipinski definition) is 4. The molecule has 5 rings (SSSR count). The number of aryl methyl sites for hydroxylation is 2. The van der Waals surface area contributed by atoms with E-state index in [4.69, 9.17) is 0 Å². The van der Waals surface area contributed by atoms with Crippen LogP contribution in [0.5, 0.6) is 0 Å². The van der Waals surface area contributed by atoms with Gasteiger partial charge < -0.3 is 14.4 Å². The van der Waals surface area contributed by atoms with E-state index in [1.165, 1.54) is 12.1 Å². The molecule has 0 aliphatic carbocycles. The summed E-state index contributed by atoms with van der Waals surface area (Å²) in [4.78, 5) is 35.5. The molecule has 0 unspecified atom stereocenters. The molecule has 1 amide bonds. The normalized spacial score (nSPS) is 11.3. The minimum Gasteiger partial charge on any atom is -0.336 e.